The Morgan fingerprint density at radius 3 is 2.39 bits per heavy atom. The SMILES string of the molecule is CC(C)[C@@](C)(C#N)NC(=O)COC(=O)Cc1c(Cl)cccc1Cl. The van der Waals surface area contributed by atoms with Crippen LogP contribution in [-0.4, -0.2) is 24.0 Å². The van der Waals surface area contributed by atoms with Gasteiger partial charge in [0.15, 0.2) is 6.61 Å². The number of esters is 1. The highest BCUT2D eigenvalue weighted by atomic mass is 35.5. The summed E-state index contributed by atoms with van der Waals surface area (Å²) in [5.41, 5.74) is -0.569. The number of hydrogen-bond donors (Lipinski definition) is 1. The Morgan fingerprint density at radius 2 is 1.91 bits per heavy atom. The number of rotatable bonds is 6. The van der Waals surface area contributed by atoms with Crippen LogP contribution in [0.15, 0.2) is 18.2 Å². The molecule has 0 bridgehead atoms. The second-order valence-electron chi connectivity index (χ2n) is 5.55. The fraction of sp³-hybridized carbons (Fsp3) is 0.438. The van der Waals surface area contributed by atoms with Gasteiger partial charge in [0, 0.05) is 15.6 Å². The number of carbonyl (C=O) groups is 2. The van der Waals surface area contributed by atoms with E-state index in [9.17, 15) is 9.59 Å². The highest BCUT2D eigenvalue weighted by molar-refractivity contribution is 6.36. The zero-order chi connectivity index (χ0) is 17.6. The Labute approximate surface area is 145 Å². The first kappa shape index (κ1) is 19.3. The quantitative estimate of drug-likeness (QED) is 0.794. The lowest BCUT2D eigenvalue weighted by molar-refractivity contribution is -0.148. The number of nitrogens with zero attached hydrogens (tertiary/aromatic N) is 1. The Balaban J connectivity index is 2.57. The Bertz CT molecular complexity index is 620. The minimum atomic E-state index is -1.02. The molecule has 0 aliphatic rings. The van der Waals surface area contributed by atoms with E-state index in [1.54, 1.807) is 25.1 Å². The first-order chi connectivity index (χ1) is 10.7. The maximum atomic E-state index is 11.8. The van der Waals surface area contributed by atoms with Crippen LogP contribution in [0.4, 0.5) is 0 Å². The third kappa shape index (κ3) is 5.42. The van der Waals surface area contributed by atoms with Gasteiger partial charge in [-0.15, -0.1) is 0 Å². The number of amides is 1. The van der Waals surface area contributed by atoms with Crippen LogP contribution in [0.2, 0.25) is 10.0 Å². The van der Waals surface area contributed by atoms with Crippen molar-refractivity contribution in [2.75, 3.05) is 6.61 Å². The summed E-state index contributed by atoms with van der Waals surface area (Å²) in [5.74, 6) is -1.26. The largest absolute Gasteiger partial charge is 0.455 e. The molecule has 0 saturated heterocycles. The second-order valence-corrected chi connectivity index (χ2v) is 6.37. The maximum Gasteiger partial charge on any atom is 0.310 e. The molecule has 0 heterocycles. The first-order valence-electron chi connectivity index (χ1n) is 7.00. The van der Waals surface area contributed by atoms with Gasteiger partial charge in [0.25, 0.3) is 5.91 Å². The van der Waals surface area contributed by atoms with Crippen LogP contribution in [-0.2, 0) is 20.7 Å². The molecule has 1 N–H and O–H groups in total. The van der Waals surface area contributed by atoms with E-state index in [0.717, 1.165) is 0 Å². The molecular formula is C16H18Cl2N2O3. The van der Waals surface area contributed by atoms with Crippen molar-refractivity contribution in [1.29, 1.82) is 5.26 Å². The van der Waals surface area contributed by atoms with E-state index in [2.05, 4.69) is 5.32 Å². The number of nitrogens with one attached hydrogen (secondary N) is 1. The van der Waals surface area contributed by atoms with Crippen molar-refractivity contribution in [2.45, 2.75) is 32.7 Å². The summed E-state index contributed by atoms with van der Waals surface area (Å²) in [4.78, 5) is 23.6. The summed E-state index contributed by atoms with van der Waals surface area (Å²) < 4.78 is 4.91. The summed E-state index contributed by atoms with van der Waals surface area (Å²) >= 11 is 11.9. The van der Waals surface area contributed by atoms with E-state index in [-0.39, 0.29) is 12.3 Å². The van der Waals surface area contributed by atoms with Crippen molar-refractivity contribution in [3.05, 3.63) is 33.8 Å². The zero-order valence-corrected chi connectivity index (χ0v) is 14.7. The van der Waals surface area contributed by atoms with Gasteiger partial charge in [-0.25, -0.2) is 0 Å². The molecule has 1 atom stereocenters. The maximum absolute atomic E-state index is 11.8. The number of halogens is 2. The van der Waals surface area contributed by atoms with Crippen LogP contribution in [0.3, 0.4) is 0 Å². The summed E-state index contributed by atoms with van der Waals surface area (Å²) in [7, 11) is 0. The lowest BCUT2D eigenvalue weighted by Gasteiger charge is -2.27. The predicted octanol–water partition coefficient (Wildman–Crippen LogP) is 3.13. The molecular weight excluding hydrogens is 339 g/mol. The van der Waals surface area contributed by atoms with Crippen molar-refractivity contribution in [1.82, 2.24) is 5.32 Å². The summed E-state index contributed by atoms with van der Waals surface area (Å²) in [5, 5.41) is 12.4. The standard InChI is InChI=1S/C16H18Cl2N2O3/c1-10(2)16(3,9-19)20-14(21)8-23-15(22)7-11-12(17)5-4-6-13(11)18/h4-6,10H,7-8H2,1-3H3,(H,20,21)/t16-/m1/s1. The van der Waals surface area contributed by atoms with Gasteiger partial charge >= 0.3 is 5.97 Å². The van der Waals surface area contributed by atoms with Crippen LogP contribution < -0.4 is 5.32 Å². The highest BCUT2D eigenvalue weighted by Crippen LogP contribution is 2.24. The van der Waals surface area contributed by atoms with Crippen LogP contribution in [0.1, 0.15) is 26.3 Å². The Kier molecular flexibility index (Phi) is 6.86. The summed E-state index contributed by atoms with van der Waals surface area (Å²) in [6, 6.07) is 6.94. The van der Waals surface area contributed by atoms with Gasteiger partial charge in [-0.3, -0.25) is 9.59 Å². The second kappa shape index (κ2) is 8.19. The molecule has 0 saturated carbocycles. The molecule has 1 aromatic carbocycles. The van der Waals surface area contributed by atoms with Crippen molar-refractivity contribution >= 4 is 35.1 Å². The molecule has 0 aromatic heterocycles. The predicted molar refractivity (Wildman–Crippen MR) is 88.1 cm³/mol. The molecule has 7 heteroatoms. The normalized spacial score (nSPS) is 13.1. The smallest absolute Gasteiger partial charge is 0.310 e. The van der Waals surface area contributed by atoms with Gasteiger partial charge in [-0.2, -0.15) is 5.26 Å². The van der Waals surface area contributed by atoms with E-state index >= 15 is 0 Å². The Morgan fingerprint density at radius 1 is 1.35 bits per heavy atom. The fourth-order valence-electron chi connectivity index (χ4n) is 1.67. The average molecular weight is 357 g/mol. The molecule has 1 amide bonds. The van der Waals surface area contributed by atoms with E-state index in [4.69, 9.17) is 33.2 Å². The molecule has 5 nitrogen and oxygen atoms in total. The van der Waals surface area contributed by atoms with Gasteiger partial charge in [-0.05, 0) is 25.0 Å². The molecule has 0 unspecified atom stereocenters. The van der Waals surface area contributed by atoms with Crippen molar-refractivity contribution in [2.24, 2.45) is 5.92 Å². The highest BCUT2D eigenvalue weighted by Gasteiger charge is 2.30. The Hall–Kier alpha value is -1.77. The molecule has 0 radical (unpaired) electrons. The van der Waals surface area contributed by atoms with Gasteiger partial charge in [0.1, 0.15) is 5.54 Å². The minimum Gasteiger partial charge on any atom is -0.455 e. The number of carbonyl (C=O) groups excluding carboxylic acids is 2. The molecule has 1 aromatic rings. The summed E-state index contributed by atoms with van der Waals surface area (Å²) in [6.07, 6.45) is -0.133. The molecule has 0 aliphatic carbocycles. The molecule has 23 heavy (non-hydrogen) atoms. The minimum absolute atomic E-state index is 0.0888. The third-order valence-electron chi connectivity index (χ3n) is 3.53. The van der Waals surface area contributed by atoms with Crippen LogP contribution in [0.25, 0.3) is 0 Å². The van der Waals surface area contributed by atoms with Crippen molar-refractivity contribution in [3.8, 4) is 6.07 Å². The first-order valence-corrected chi connectivity index (χ1v) is 7.76. The average Bonchev–Trinajstić information content (AvgIpc) is 2.48. The molecule has 0 fully saturated rings. The van der Waals surface area contributed by atoms with E-state index < -0.39 is 24.0 Å². The number of ether oxygens (including phenoxy) is 1. The molecule has 0 aliphatic heterocycles. The molecule has 0 spiro atoms. The lowest BCUT2D eigenvalue weighted by atomic mass is 9.90. The monoisotopic (exact) mass is 356 g/mol. The van der Waals surface area contributed by atoms with Crippen LogP contribution in [0.5, 0.6) is 0 Å². The number of hydrogen-bond acceptors (Lipinski definition) is 4. The fourth-order valence-corrected chi connectivity index (χ4v) is 2.20. The van der Waals surface area contributed by atoms with Crippen molar-refractivity contribution in [3.63, 3.8) is 0 Å². The lowest BCUT2D eigenvalue weighted by Crippen LogP contribution is -2.50. The van der Waals surface area contributed by atoms with Crippen LogP contribution >= 0.6 is 23.2 Å². The van der Waals surface area contributed by atoms with E-state index in [1.807, 2.05) is 19.9 Å². The zero-order valence-electron chi connectivity index (χ0n) is 13.2. The van der Waals surface area contributed by atoms with Gasteiger partial charge in [-0.1, -0.05) is 43.1 Å². The van der Waals surface area contributed by atoms with E-state index in [1.165, 1.54) is 0 Å². The topological polar surface area (TPSA) is 79.2 Å². The molecule has 1 rings (SSSR count). The third-order valence-corrected chi connectivity index (χ3v) is 4.24. The summed E-state index contributed by atoms with van der Waals surface area (Å²) in [6.45, 7) is 4.77. The number of benzene rings is 1. The van der Waals surface area contributed by atoms with E-state index in [0.29, 0.717) is 15.6 Å². The van der Waals surface area contributed by atoms with Gasteiger partial charge < -0.3 is 10.1 Å². The van der Waals surface area contributed by atoms with Crippen molar-refractivity contribution < 1.29 is 14.3 Å². The van der Waals surface area contributed by atoms with Gasteiger partial charge in [0.05, 0.1) is 12.5 Å². The van der Waals surface area contributed by atoms with Crippen LogP contribution in [0, 0.1) is 17.2 Å². The van der Waals surface area contributed by atoms with Gasteiger partial charge in [0.2, 0.25) is 0 Å². The molecule has 124 valence electrons. The number of nitriles is 1.